The van der Waals surface area contributed by atoms with E-state index in [1.165, 1.54) is 77.0 Å². The number of esters is 1. The van der Waals surface area contributed by atoms with E-state index in [4.69, 9.17) is 4.74 Å². The molecule has 0 aromatic rings. The van der Waals surface area contributed by atoms with E-state index in [-0.39, 0.29) is 5.97 Å². The van der Waals surface area contributed by atoms with Gasteiger partial charge in [-0.1, -0.05) is 82.2 Å². The molecule has 0 aliphatic carbocycles. The summed E-state index contributed by atoms with van der Waals surface area (Å²) in [6, 6.07) is 0. The van der Waals surface area contributed by atoms with E-state index in [9.17, 15) is 4.79 Å². The summed E-state index contributed by atoms with van der Waals surface area (Å²) in [6.07, 6.45) is 30.4. The van der Waals surface area contributed by atoms with Gasteiger partial charge >= 0.3 is 5.97 Å². The van der Waals surface area contributed by atoms with E-state index in [2.05, 4.69) is 31.2 Å². The molecular formula is C24H42O2. The standard InChI is InChI=1S/C24H42O2/c1-3-5-6-7-8-9-10-11-12-13-14-15-16-17-18-19-20-21-22-23-24(25)26-4-2/h8-9,11-12,22-23H,3-7,10,13-21H2,1-2H3/b9-8-,12-11-,23-22-. The van der Waals surface area contributed by atoms with Crippen LogP contribution in [0.1, 0.15) is 104 Å². The minimum atomic E-state index is -0.218. The molecule has 150 valence electrons. The van der Waals surface area contributed by atoms with Crippen LogP contribution in [0.5, 0.6) is 0 Å². The van der Waals surface area contributed by atoms with Gasteiger partial charge in [0.25, 0.3) is 0 Å². The van der Waals surface area contributed by atoms with Crippen molar-refractivity contribution in [3.05, 3.63) is 36.5 Å². The van der Waals surface area contributed by atoms with Crippen LogP contribution in [0.3, 0.4) is 0 Å². The third-order valence-corrected chi connectivity index (χ3v) is 4.36. The fourth-order valence-electron chi connectivity index (χ4n) is 2.80. The van der Waals surface area contributed by atoms with E-state index in [1.807, 2.05) is 13.0 Å². The number of carbonyl (C=O) groups excluding carboxylic acids is 1. The average Bonchev–Trinajstić information content (AvgIpc) is 2.64. The number of hydrogen-bond donors (Lipinski definition) is 0. The highest BCUT2D eigenvalue weighted by Crippen LogP contribution is 2.10. The Labute approximate surface area is 162 Å². The second-order valence-electron chi connectivity index (χ2n) is 6.88. The van der Waals surface area contributed by atoms with Crippen LogP contribution in [0.15, 0.2) is 36.5 Å². The maximum atomic E-state index is 11.1. The first-order chi connectivity index (χ1) is 12.8. The zero-order valence-electron chi connectivity index (χ0n) is 17.4. The quantitative estimate of drug-likeness (QED) is 0.108. The van der Waals surface area contributed by atoms with Crippen LogP contribution in [0.4, 0.5) is 0 Å². The smallest absolute Gasteiger partial charge is 0.330 e. The minimum Gasteiger partial charge on any atom is -0.463 e. The molecule has 0 saturated carbocycles. The Bertz CT molecular complexity index is 380. The fraction of sp³-hybridized carbons (Fsp3) is 0.708. The second-order valence-corrected chi connectivity index (χ2v) is 6.88. The van der Waals surface area contributed by atoms with Crippen molar-refractivity contribution in [3.63, 3.8) is 0 Å². The molecule has 0 radical (unpaired) electrons. The van der Waals surface area contributed by atoms with Crippen LogP contribution in [0.2, 0.25) is 0 Å². The van der Waals surface area contributed by atoms with Gasteiger partial charge in [-0.3, -0.25) is 0 Å². The van der Waals surface area contributed by atoms with Gasteiger partial charge in [-0.25, -0.2) is 4.79 Å². The number of hydrogen-bond acceptors (Lipinski definition) is 2. The Hall–Kier alpha value is -1.31. The minimum absolute atomic E-state index is 0.218. The summed E-state index contributed by atoms with van der Waals surface area (Å²) < 4.78 is 4.85. The molecule has 26 heavy (non-hydrogen) atoms. The zero-order chi connectivity index (χ0) is 19.1. The van der Waals surface area contributed by atoms with Gasteiger partial charge < -0.3 is 4.74 Å². The Morgan fingerprint density at radius 2 is 1.15 bits per heavy atom. The molecule has 0 spiro atoms. The molecule has 0 fully saturated rings. The van der Waals surface area contributed by atoms with Crippen LogP contribution in [-0.4, -0.2) is 12.6 Å². The van der Waals surface area contributed by atoms with Crippen LogP contribution in [0.25, 0.3) is 0 Å². The van der Waals surface area contributed by atoms with Gasteiger partial charge in [-0.15, -0.1) is 0 Å². The monoisotopic (exact) mass is 362 g/mol. The van der Waals surface area contributed by atoms with E-state index in [0.29, 0.717) is 6.61 Å². The molecule has 0 rings (SSSR count). The SMILES string of the molecule is CCCCC/C=C\C/C=C\CCCCCCCCC/C=C\C(=O)OCC. The molecule has 0 N–H and O–H groups in total. The van der Waals surface area contributed by atoms with Crippen molar-refractivity contribution in [1.29, 1.82) is 0 Å². The fourth-order valence-corrected chi connectivity index (χ4v) is 2.80. The summed E-state index contributed by atoms with van der Waals surface area (Å²) in [7, 11) is 0. The number of ether oxygens (including phenoxy) is 1. The maximum Gasteiger partial charge on any atom is 0.330 e. The molecule has 0 atom stereocenters. The van der Waals surface area contributed by atoms with Gasteiger partial charge in [-0.2, -0.15) is 0 Å². The number of carbonyl (C=O) groups is 1. The maximum absolute atomic E-state index is 11.1. The highest BCUT2D eigenvalue weighted by Gasteiger charge is 1.93. The molecule has 0 aliphatic rings. The normalized spacial score (nSPS) is 11.9. The molecule has 0 aromatic heterocycles. The average molecular weight is 363 g/mol. The van der Waals surface area contributed by atoms with Gasteiger partial charge in [0.2, 0.25) is 0 Å². The Morgan fingerprint density at radius 1 is 0.654 bits per heavy atom. The van der Waals surface area contributed by atoms with Gasteiger partial charge in [-0.05, 0) is 51.9 Å². The molecule has 0 saturated heterocycles. The Morgan fingerprint density at radius 3 is 1.69 bits per heavy atom. The summed E-state index contributed by atoms with van der Waals surface area (Å²) in [5.41, 5.74) is 0. The lowest BCUT2D eigenvalue weighted by atomic mass is 10.1. The van der Waals surface area contributed by atoms with Crippen LogP contribution < -0.4 is 0 Å². The number of allylic oxidation sites excluding steroid dienone is 5. The van der Waals surface area contributed by atoms with Crippen molar-refractivity contribution in [2.75, 3.05) is 6.61 Å². The third kappa shape index (κ3) is 20.7. The van der Waals surface area contributed by atoms with Crippen LogP contribution in [-0.2, 0) is 9.53 Å². The molecule has 0 aliphatic heterocycles. The third-order valence-electron chi connectivity index (χ3n) is 4.36. The van der Waals surface area contributed by atoms with Crippen molar-refractivity contribution in [1.82, 2.24) is 0 Å². The molecule has 0 unspecified atom stereocenters. The van der Waals surface area contributed by atoms with E-state index >= 15 is 0 Å². The number of unbranched alkanes of at least 4 members (excludes halogenated alkanes) is 11. The lowest BCUT2D eigenvalue weighted by Gasteiger charge is -2.00. The van der Waals surface area contributed by atoms with Crippen molar-refractivity contribution < 1.29 is 9.53 Å². The Kier molecular flexibility index (Phi) is 20.6. The van der Waals surface area contributed by atoms with E-state index in [1.54, 1.807) is 6.08 Å². The summed E-state index contributed by atoms with van der Waals surface area (Å²) >= 11 is 0. The molecule has 2 heteroatoms. The van der Waals surface area contributed by atoms with Gasteiger partial charge in [0, 0.05) is 6.08 Å². The van der Waals surface area contributed by atoms with E-state index in [0.717, 1.165) is 12.8 Å². The summed E-state index contributed by atoms with van der Waals surface area (Å²) in [6.45, 7) is 4.53. The number of rotatable bonds is 18. The molecule has 0 amide bonds. The largest absolute Gasteiger partial charge is 0.463 e. The molecule has 0 bridgehead atoms. The van der Waals surface area contributed by atoms with Crippen molar-refractivity contribution in [2.24, 2.45) is 0 Å². The van der Waals surface area contributed by atoms with E-state index < -0.39 is 0 Å². The predicted octanol–water partition coefficient (Wildman–Crippen LogP) is 7.70. The second kappa shape index (κ2) is 21.7. The molecule has 0 heterocycles. The first kappa shape index (κ1) is 24.7. The highest BCUT2D eigenvalue weighted by molar-refractivity contribution is 5.81. The lowest BCUT2D eigenvalue weighted by Crippen LogP contribution is -1.98. The predicted molar refractivity (Wildman–Crippen MR) is 114 cm³/mol. The first-order valence-corrected chi connectivity index (χ1v) is 10.9. The van der Waals surface area contributed by atoms with Gasteiger partial charge in [0.1, 0.15) is 0 Å². The highest BCUT2D eigenvalue weighted by atomic mass is 16.5. The molecule has 2 nitrogen and oxygen atoms in total. The Balaban J connectivity index is 3.24. The summed E-state index contributed by atoms with van der Waals surface area (Å²) in [5.74, 6) is -0.218. The molecule has 0 aromatic carbocycles. The van der Waals surface area contributed by atoms with Gasteiger partial charge in [0.15, 0.2) is 0 Å². The van der Waals surface area contributed by atoms with Crippen LogP contribution >= 0.6 is 0 Å². The lowest BCUT2D eigenvalue weighted by molar-refractivity contribution is -0.137. The van der Waals surface area contributed by atoms with Crippen molar-refractivity contribution in [2.45, 2.75) is 104 Å². The van der Waals surface area contributed by atoms with Crippen LogP contribution in [0, 0.1) is 0 Å². The van der Waals surface area contributed by atoms with Crippen molar-refractivity contribution >= 4 is 5.97 Å². The van der Waals surface area contributed by atoms with Crippen molar-refractivity contribution in [3.8, 4) is 0 Å². The summed E-state index contributed by atoms with van der Waals surface area (Å²) in [4.78, 5) is 11.1. The molecular weight excluding hydrogens is 320 g/mol. The zero-order valence-corrected chi connectivity index (χ0v) is 17.4. The van der Waals surface area contributed by atoms with Gasteiger partial charge in [0.05, 0.1) is 6.61 Å². The first-order valence-electron chi connectivity index (χ1n) is 10.9. The topological polar surface area (TPSA) is 26.3 Å². The summed E-state index contributed by atoms with van der Waals surface area (Å²) in [5, 5.41) is 0.